The first-order valence-electron chi connectivity index (χ1n) is 12.0. The number of fused-ring (bicyclic) bond motifs is 2. The maximum Gasteiger partial charge on any atom is 0.323 e. The van der Waals surface area contributed by atoms with Crippen molar-refractivity contribution in [2.45, 2.75) is 51.1 Å². The zero-order valence-corrected chi connectivity index (χ0v) is 19.4. The molecule has 2 fully saturated rings. The molecule has 0 radical (unpaired) electrons. The van der Waals surface area contributed by atoms with Gasteiger partial charge in [0.15, 0.2) is 0 Å². The second-order valence-corrected chi connectivity index (χ2v) is 10.2. The van der Waals surface area contributed by atoms with E-state index in [1.807, 2.05) is 37.3 Å². The van der Waals surface area contributed by atoms with E-state index < -0.39 is 5.97 Å². The van der Waals surface area contributed by atoms with Crippen molar-refractivity contribution < 1.29 is 19.1 Å². The number of benzene rings is 2. The van der Waals surface area contributed by atoms with Crippen molar-refractivity contribution >= 4 is 33.7 Å². The van der Waals surface area contributed by atoms with E-state index in [4.69, 9.17) is 0 Å². The summed E-state index contributed by atoms with van der Waals surface area (Å²) < 4.78 is 15.8. The highest BCUT2D eigenvalue weighted by atomic mass is 19.1. The van der Waals surface area contributed by atoms with Gasteiger partial charge in [0.05, 0.1) is 5.52 Å². The Morgan fingerprint density at radius 2 is 1.89 bits per heavy atom. The fourth-order valence-corrected chi connectivity index (χ4v) is 6.40. The average molecular weight is 472 g/mol. The van der Waals surface area contributed by atoms with E-state index in [0.29, 0.717) is 5.69 Å². The van der Waals surface area contributed by atoms with E-state index in [9.17, 15) is 19.1 Å². The Morgan fingerprint density at radius 1 is 1.11 bits per heavy atom. The topological polar surface area (TPSA) is 84.2 Å². The number of halogens is 1. The summed E-state index contributed by atoms with van der Waals surface area (Å²) in [6.07, 6.45) is 3.78. The fraction of sp³-hybridized carbons (Fsp3) is 0.321. The molecule has 1 spiro atoms. The van der Waals surface area contributed by atoms with Crippen molar-refractivity contribution in [3.8, 4) is 0 Å². The van der Waals surface area contributed by atoms with Crippen molar-refractivity contribution in [1.29, 1.82) is 0 Å². The van der Waals surface area contributed by atoms with Crippen LogP contribution in [0.2, 0.25) is 0 Å². The normalized spacial score (nSPS) is 23.3. The van der Waals surface area contributed by atoms with Crippen LogP contribution in [0.15, 0.2) is 54.6 Å². The molecule has 178 valence electrons. The minimum Gasteiger partial charge on any atom is -0.480 e. The van der Waals surface area contributed by atoms with Gasteiger partial charge in [-0.25, -0.2) is 9.37 Å². The lowest BCUT2D eigenvalue weighted by Crippen LogP contribution is -2.55. The van der Waals surface area contributed by atoms with Crippen LogP contribution in [0, 0.1) is 18.2 Å². The quantitative estimate of drug-likeness (QED) is 0.420. The number of amides is 1. The Morgan fingerprint density at radius 3 is 2.66 bits per heavy atom. The van der Waals surface area contributed by atoms with Gasteiger partial charge in [0.2, 0.25) is 0 Å². The first kappa shape index (κ1) is 21.8. The minimum absolute atomic E-state index is 0.128. The lowest BCUT2D eigenvalue weighted by atomic mass is 9.49. The van der Waals surface area contributed by atoms with Crippen LogP contribution in [0.4, 0.5) is 4.39 Å². The molecule has 2 heterocycles. The van der Waals surface area contributed by atoms with Gasteiger partial charge in [0.25, 0.3) is 5.91 Å². The summed E-state index contributed by atoms with van der Waals surface area (Å²) in [7, 11) is 0. The van der Waals surface area contributed by atoms with Gasteiger partial charge in [-0.1, -0.05) is 24.3 Å². The number of nitrogens with zero attached hydrogens (tertiary/aromatic N) is 2. The van der Waals surface area contributed by atoms with Gasteiger partial charge in [0.1, 0.15) is 18.1 Å². The van der Waals surface area contributed by atoms with Crippen LogP contribution in [0.25, 0.3) is 21.8 Å². The summed E-state index contributed by atoms with van der Waals surface area (Å²) in [5.74, 6) is -1.10. The number of nitrogens with one attached hydrogen (secondary N) is 1. The molecule has 0 atom stereocenters. The number of para-hydroxylation sites is 1. The standard InChI is InChI=1S/C28H26FN3O3/c1-16-26(21-10-19(29)7-9-24(21)32(16)15-25(33)34)18-11-28(12-18)13-20(14-28)30-27(35)23-8-6-17-4-2-3-5-22(17)31-23/h2-10,18,20H,11-15H2,1H3,(H,30,35)(H,33,34). The first-order valence-corrected chi connectivity index (χ1v) is 12.0. The van der Waals surface area contributed by atoms with Gasteiger partial charge in [-0.15, -0.1) is 0 Å². The molecule has 6 rings (SSSR count). The fourth-order valence-electron chi connectivity index (χ4n) is 6.40. The molecule has 0 unspecified atom stereocenters. The van der Waals surface area contributed by atoms with E-state index in [1.165, 1.54) is 12.1 Å². The first-order chi connectivity index (χ1) is 16.8. The largest absolute Gasteiger partial charge is 0.480 e. The van der Waals surface area contributed by atoms with Gasteiger partial charge in [-0.2, -0.15) is 0 Å². The maximum atomic E-state index is 14.1. The highest BCUT2D eigenvalue weighted by molar-refractivity contribution is 5.95. The number of aromatic nitrogens is 2. The van der Waals surface area contributed by atoms with Gasteiger partial charge >= 0.3 is 5.97 Å². The molecule has 0 saturated heterocycles. The number of aliphatic carboxylic acids is 1. The van der Waals surface area contributed by atoms with Crippen molar-refractivity contribution in [2.75, 3.05) is 0 Å². The molecule has 2 aliphatic carbocycles. The Balaban J connectivity index is 1.14. The summed E-state index contributed by atoms with van der Waals surface area (Å²) in [6, 6.07) is 16.1. The molecule has 2 aromatic heterocycles. The van der Waals surface area contributed by atoms with Crippen LogP contribution >= 0.6 is 0 Å². The molecule has 4 aromatic rings. The molecular weight excluding hydrogens is 445 g/mol. The average Bonchev–Trinajstić information content (AvgIpc) is 3.04. The van der Waals surface area contributed by atoms with Gasteiger partial charge in [-0.3, -0.25) is 9.59 Å². The van der Waals surface area contributed by atoms with E-state index in [1.54, 1.807) is 16.7 Å². The number of hydrogen-bond donors (Lipinski definition) is 2. The summed E-state index contributed by atoms with van der Waals surface area (Å²) in [5, 5.41) is 14.3. The summed E-state index contributed by atoms with van der Waals surface area (Å²) in [5.41, 5.74) is 4.17. The number of carbonyl (C=O) groups is 2. The Kier molecular flexibility index (Phi) is 4.91. The number of rotatable bonds is 5. The second kappa shape index (κ2) is 7.90. The minimum atomic E-state index is -0.913. The molecule has 2 aromatic carbocycles. The zero-order chi connectivity index (χ0) is 24.3. The van der Waals surface area contributed by atoms with Crippen molar-refractivity contribution in [3.63, 3.8) is 0 Å². The maximum absolute atomic E-state index is 14.1. The van der Waals surface area contributed by atoms with E-state index in [0.717, 1.165) is 58.7 Å². The summed E-state index contributed by atoms with van der Waals surface area (Å²) in [4.78, 5) is 28.6. The molecule has 2 N–H and O–H groups in total. The van der Waals surface area contributed by atoms with Crippen LogP contribution in [0.3, 0.4) is 0 Å². The molecule has 7 heteroatoms. The Hall–Kier alpha value is -3.74. The van der Waals surface area contributed by atoms with Gasteiger partial charge < -0.3 is 15.0 Å². The Bertz CT molecular complexity index is 1490. The molecule has 0 bridgehead atoms. The van der Waals surface area contributed by atoms with Crippen molar-refractivity contribution in [1.82, 2.24) is 14.9 Å². The van der Waals surface area contributed by atoms with E-state index in [-0.39, 0.29) is 35.6 Å². The number of hydrogen-bond acceptors (Lipinski definition) is 3. The molecule has 1 amide bonds. The lowest BCUT2D eigenvalue weighted by Gasteiger charge is -2.58. The number of carbonyl (C=O) groups excluding carboxylic acids is 1. The number of carboxylic acid groups (broad SMARTS) is 1. The summed E-state index contributed by atoms with van der Waals surface area (Å²) in [6.45, 7) is 1.80. The third-order valence-corrected chi connectivity index (χ3v) is 7.92. The zero-order valence-electron chi connectivity index (χ0n) is 19.4. The number of pyridine rings is 1. The van der Waals surface area contributed by atoms with Crippen LogP contribution in [0.1, 0.15) is 53.3 Å². The van der Waals surface area contributed by atoms with Crippen LogP contribution in [0.5, 0.6) is 0 Å². The highest BCUT2D eigenvalue weighted by Gasteiger charge is 2.54. The molecule has 35 heavy (non-hydrogen) atoms. The molecule has 0 aliphatic heterocycles. The monoisotopic (exact) mass is 471 g/mol. The van der Waals surface area contributed by atoms with Crippen LogP contribution < -0.4 is 5.32 Å². The Labute approximate surface area is 201 Å². The third kappa shape index (κ3) is 3.66. The predicted molar refractivity (Wildman–Crippen MR) is 131 cm³/mol. The summed E-state index contributed by atoms with van der Waals surface area (Å²) >= 11 is 0. The van der Waals surface area contributed by atoms with Crippen molar-refractivity contribution in [3.05, 3.63) is 77.4 Å². The number of carboxylic acids is 1. The third-order valence-electron chi connectivity index (χ3n) is 7.92. The lowest BCUT2D eigenvalue weighted by molar-refractivity contribution is -0.137. The molecule has 2 aliphatic rings. The smallest absolute Gasteiger partial charge is 0.323 e. The second-order valence-electron chi connectivity index (χ2n) is 10.2. The SMILES string of the molecule is Cc1c(C2CC3(CC(NC(=O)c4ccc5ccccc5n4)C3)C2)c2cc(F)ccc2n1CC(=O)O. The molecular formula is C28H26FN3O3. The van der Waals surface area contributed by atoms with Gasteiger partial charge in [-0.05, 0) is 79.8 Å². The van der Waals surface area contributed by atoms with Crippen LogP contribution in [-0.2, 0) is 11.3 Å². The molecule has 2 saturated carbocycles. The van der Waals surface area contributed by atoms with Crippen molar-refractivity contribution in [2.24, 2.45) is 5.41 Å². The predicted octanol–water partition coefficient (Wildman–Crippen LogP) is 5.18. The van der Waals surface area contributed by atoms with E-state index in [2.05, 4.69) is 10.3 Å². The molecule has 6 nitrogen and oxygen atoms in total. The highest BCUT2D eigenvalue weighted by Crippen LogP contribution is 2.63. The van der Waals surface area contributed by atoms with Crippen LogP contribution in [-0.4, -0.2) is 32.6 Å². The van der Waals surface area contributed by atoms with Gasteiger partial charge in [0, 0.05) is 28.0 Å². The van der Waals surface area contributed by atoms with E-state index >= 15 is 0 Å².